The van der Waals surface area contributed by atoms with Crippen LogP contribution in [-0.2, 0) is 6.42 Å². The van der Waals surface area contributed by atoms with Crippen molar-refractivity contribution in [2.75, 3.05) is 0 Å². The van der Waals surface area contributed by atoms with E-state index in [-0.39, 0.29) is 0 Å². The summed E-state index contributed by atoms with van der Waals surface area (Å²) in [6.45, 7) is 2.08. The molecular formula is C10H10IN. The van der Waals surface area contributed by atoms with Crippen LogP contribution in [-0.4, -0.2) is 0 Å². The van der Waals surface area contributed by atoms with E-state index in [2.05, 4.69) is 53.8 Å². The first-order valence-corrected chi connectivity index (χ1v) is 4.94. The lowest BCUT2D eigenvalue weighted by Gasteiger charge is -2.02. The summed E-state index contributed by atoms with van der Waals surface area (Å²) in [7, 11) is 0. The zero-order valence-electron chi connectivity index (χ0n) is 6.97. The van der Waals surface area contributed by atoms with E-state index in [1.54, 1.807) is 0 Å². The molecule has 0 saturated carbocycles. The van der Waals surface area contributed by atoms with Gasteiger partial charge in [0.2, 0.25) is 0 Å². The molecule has 1 nitrogen and oxygen atoms in total. The zero-order chi connectivity index (χ0) is 8.97. The first kappa shape index (κ1) is 9.53. The molecule has 1 rings (SSSR count). The molecule has 0 atom stereocenters. The van der Waals surface area contributed by atoms with Crippen LogP contribution in [0.4, 0.5) is 0 Å². The molecule has 0 aliphatic rings. The summed E-state index contributed by atoms with van der Waals surface area (Å²) in [4.78, 5) is 0. The summed E-state index contributed by atoms with van der Waals surface area (Å²) in [6.07, 6.45) is 1.48. The summed E-state index contributed by atoms with van der Waals surface area (Å²) in [5.74, 6) is 0. The van der Waals surface area contributed by atoms with Crippen LogP contribution in [0.25, 0.3) is 0 Å². The lowest BCUT2D eigenvalue weighted by Crippen LogP contribution is -1.89. The van der Waals surface area contributed by atoms with Gasteiger partial charge in [-0.1, -0.05) is 17.7 Å². The molecule has 1 aromatic carbocycles. The fourth-order valence-corrected chi connectivity index (χ4v) is 1.69. The van der Waals surface area contributed by atoms with Gasteiger partial charge >= 0.3 is 0 Å². The predicted octanol–water partition coefficient (Wildman–Crippen LogP) is 3.06. The van der Waals surface area contributed by atoms with Crippen molar-refractivity contribution in [3.05, 3.63) is 32.9 Å². The predicted molar refractivity (Wildman–Crippen MR) is 57.8 cm³/mol. The number of nitriles is 1. The molecule has 0 bridgehead atoms. The van der Waals surface area contributed by atoms with Crippen molar-refractivity contribution in [2.24, 2.45) is 0 Å². The van der Waals surface area contributed by atoms with Crippen molar-refractivity contribution in [2.45, 2.75) is 19.8 Å². The van der Waals surface area contributed by atoms with Crippen molar-refractivity contribution >= 4 is 22.6 Å². The van der Waals surface area contributed by atoms with Gasteiger partial charge in [0.25, 0.3) is 0 Å². The summed E-state index contributed by atoms with van der Waals surface area (Å²) < 4.78 is 1.26. The van der Waals surface area contributed by atoms with Gasteiger partial charge in [-0.2, -0.15) is 5.26 Å². The molecule has 0 aromatic heterocycles. The van der Waals surface area contributed by atoms with Crippen LogP contribution in [0.5, 0.6) is 0 Å². The van der Waals surface area contributed by atoms with E-state index in [1.807, 2.05) is 0 Å². The van der Waals surface area contributed by atoms with Gasteiger partial charge in [0.1, 0.15) is 0 Å². The van der Waals surface area contributed by atoms with Crippen LogP contribution in [0.15, 0.2) is 18.2 Å². The van der Waals surface area contributed by atoms with E-state index in [0.29, 0.717) is 6.42 Å². The van der Waals surface area contributed by atoms with E-state index in [4.69, 9.17) is 5.26 Å². The summed E-state index contributed by atoms with van der Waals surface area (Å²) in [5, 5.41) is 8.44. The average molecular weight is 271 g/mol. The topological polar surface area (TPSA) is 23.8 Å². The molecule has 0 saturated heterocycles. The highest BCUT2D eigenvalue weighted by molar-refractivity contribution is 14.1. The summed E-state index contributed by atoms with van der Waals surface area (Å²) in [6, 6.07) is 8.51. The Morgan fingerprint density at radius 2 is 2.25 bits per heavy atom. The number of hydrogen-bond donors (Lipinski definition) is 0. The number of aryl methyl sites for hydroxylation is 2. The molecule has 0 aliphatic carbocycles. The Hall–Kier alpha value is -0.560. The van der Waals surface area contributed by atoms with Crippen molar-refractivity contribution in [1.82, 2.24) is 0 Å². The van der Waals surface area contributed by atoms with Gasteiger partial charge in [0, 0.05) is 9.99 Å². The minimum atomic E-state index is 0.611. The van der Waals surface area contributed by atoms with Crippen molar-refractivity contribution < 1.29 is 0 Å². The number of rotatable bonds is 2. The Balaban J connectivity index is 2.84. The fraction of sp³-hybridized carbons (Fsp3) is 0.300. The van der Waals surface area contributed by atoms with Gasteiger partial charge in [-0.25, -0.2) is 0 Å². The third kappa shape index (κ3) is 2.49. The second kappa shape index (κ2) is 4.46. The molecule has 0 fully saturated rings. The monoisotopic (exact) mass is 271 g/mol. The Morgan fingerprint density at radius 3 is 2.92 bits per heavy atom. The highest BCUT2D eigenvalue weighted by Crippen LogP contribution is 2.15. The van der Waals surface area contributed by atoms with Crippen LogP contribution in [0, 0.1) is 21.8 Å². The number of nitrogens with zero attached hydrogens (tertiary/aromatic N) is 1. The zero-order valence-corrected chi connectivity index (χ0v) is 9.13. The molecule has 0 unspecified atom stereocenters. The molecule has 0 radical (unpaired) electrons. The van der Waals surface area contributed by atoms with E-state index in [0.717, 1.165) is 6.42 Å². The highest BCUT2D eigenvalue weighted by Gasteiger charge is 1.98. The normalized spacial score (nSPS) is 9.42. The van der Waals surface area contributed by atoms with Crippen LogP contribution in [0.1, 0.15) is 17.5 Å². The molecule has 0 aliphatic heterocycles. The third-order valence-corrected chi connectivity index (χ3v) is 2.76. The molecule has 0 heterocycles. The van der Waals surface area contributed by atoms with E-state index in [1.165, 1.54) is 14.7 Å². The quantitative estimate of drug-likeness (QED) is 0.758. The van der Waals surface area contributed by atoms with Gasteiger partial charge in [0.15, 0.2) is 0 Å². The average Bonchev–Trinajstić information content (AvgIpc) is 2.07. The second-order valence-electron chi connectivity index (χ2n) is 2.75. The standard InChI is InChI=1S/C10H10IN/c1-8-4-5-10(11)9(7-8)3-2-6-12/h4-5,7H,2-3H2,1H3. The first-order chi connectivity index (χ1) is 5.74. The van der Waals surface area contributed by atoms with E-state index < -0.39 is 0 Å². The Morgan fingerprint density at radius 1 is 1.50 bits per heavy atom. The molecule has 62 valence electrons. The molecule has 0 spiro atoms. The number of hydrogen-bond acceptors (Lipinski definition) is 1. The van der Waals surface area contributed by atoms with Gasteiger partial charge in [-0.05, 0) is 47.6 Å². The van der Waals surface area contributed by atoms with Gasteiger partial charge in [-0.3, -0.25) is 0 Å². The lowest BCUT2D eigenvalue weighted by atomic mass is 10.1. The third-order valence-electron chi connectivity index (χ3n) is 1.71. The van der Waals surface area contributed by atoms with E-state index >= 15 is 0 Å². The van der Waals surface area contributed by atoms with Crippen LogP contribution < -0.4 is 0 Å². The molecule has 1 aromatic rings. The molecule has 0 N–H and O–H groups in total. The van der Waals surface area contributed by atoms with Crippen molar-refractivity contribution in [3.8, 4) is 6.07 Å². The molecule has 2 heteroatoms. The number of benzene rings is 1. The van der Waals surface area contributed by atoms with E-state index in [9.17, 15) is 0 Å². The maximum Gasteiger partial charge on any atom is 0.0625 e. The van der Waals surface area contributed by atoms with Crippen LogP contribution >= 0.6 is 22.6 Å². The smallest absolute Gasteiger partial charge is 0.0625 e. The largest absolute Gasteiger partial charge is 0.198 e. The Bertz CT molecular complexity index is 312. The maximum absolute atomic E-state index is 8.44. The second-order valence-corrected chi connectivity index (χ2v) is 3.92. The fourth-order valence-electron chi connectivity index (χ4n) is 1.09. The Labute approximate surface area is 86.5 Å². The van der Waals surface area contributed by atoms with Crippen molar-refractivity contribution in [1.29, 1.82) is 5.26 Å². The lowest BCUT2D eigenvalue weighted by molar-refractivity contribution is 1.000. The van der Waals surface area contributed by atoms with Crippen LogP contribution in [0.2, 0.25) is 0 Å². The molecule has 0 amide bonds. The minimum Gasteiger partial charge on any atom is -0.198 e. The highest BCUT2D eigenvalue weighted by atomic mass is 127. The van der Waals surface area contributed by atoms with Crippen LogP contribution in [0.3, 0.4) is 0 Å². The minimum absolute atomic E-state index is 0.611. The Kier molecular flexibility index (Phi) is 3.54. The molecular weight excluding hydrogens is 261 g/mol. The van der Waals surface area contributed by atoms with Gasteiger partial charge < -0.3 is 0 Å². The maximum atomic E-state index is 8.44. The number of halogens is 1. The van der Waals surface area contributed by atoms with Crippen molar-refractivity contribution in [3.63, 3.8) is 0 Å². The first-order valence-electron chi connectivity index (χ1n) is 3.86. The SMILES string of the molecule is Cc1ccc(I)c(CCC#N)c1. The summed E-state index contributed by atoms with van der Waals surface area (Å²) >= 11 is 2.31. The van der Waals surface area contributed by atoms with Gasteiger partial charge in [0.05, 0.1) is 6.07 Å². The van der Waals surface area contributed by atoms with Gasteiger partial charge in [-0.15, -0.1) is 0 Å². The molecule has 12 heavy (non-hydrogen) atoms. The summed E-state index contributed by atoms with van der Waals surface area (Å²) in [5.41, 5.74) is 2.56.